The van der Waals surface area contributed by atoms with Crippen molar-refractivity contribution in [2.45, 2.75) is 38.3 Å². The Kier molecular flexibility index (Phi) is 6.02. The summed E-state index contributed by atoms with van der Waals surface area (Å²) >= 11 is 0. The Balaban J connectivity index is 1.62. The number of ether oxygens (including phenoxy) is 3. The molecular formula is C15H19F3O3. The summed E-state index contributed by atoms with van der Waals surface area (Å²) in [6.45, 7) is 1.82. The smallest absolute Gasteiger partial charge is 0.374 e. The maximum atomic E-state index is 12.4. The Morgan fingerprint density at radius 2 is 1.86 bits per heavy atom. The van der Waals surface area contributed by atoms with Crippen LogP contribution < -0.4 is 0 Å². The van der Waals surface area contributed by atoms with Gasteiger partial charge in [-0.25, -0.2) is 0 Å². The van der Waals surface area contributed by atoms with Crippen molar-refractivity contribution in [1.82, 2.24) is 0 Å². The molecule has 1 atom stereocenters. The number of hydrogen-bond donors (Lipinski definition) is 0. The summed E-state index contributed by atoms with van der Waals surface area (Å²) < 4.78 is 53.4. The first-order valence-corrected chi connectivity index (χ1v) is 7.03. The number of benzene rings is 1. The molecule has 118 valence electrons. The van der Waals surface area contributed by atoms with E-state index in [1.807, 2.05) is 0 Å². The van der Waals surface area contributed by atoms with Crippen LogP contribution in [0.5, 0.6) is 0 Å². The Bertz CT molecular complexity index is 411. The zero-order chi connectivity index (χ0) is 15.1. The van der Waals surface area contributed by atoms with Crippen LogP contribution in [0, 0.1) is 0 Å². The lowest BCUT2D eigenvalue weighted by molar-refractivity contribution is -0.169. The molecule has 3 nitrogen and oxygen atoms in total. The highest BCUT2D eigenvalue weighted by molar-refractivity contribution is 5.24. The summed E-state index contributed by atoms with van der Waals surface area (Å²) in [5.41, 5.74) is 0.0564. The lowest BCUT2D eigenvalue weighted by atomic mass is 10.1. The summed E-state index contributed by atoms with van der Waals surface area (Å²) in [4.78, 5) is 0. The SMILES string of the molecule is FC(F)(F)c1ccc(COCCOC2CCCCO2)cc1. The van der Waals surface area contributed by atoms with Gasteiger partial charge < -0.3 is 14.2 Å². The van der Waals surface area contributed by atoms with E-state index < -0.39 is 11.7 Å². The molecule has 1 heterocycles. The third-order valence-electron chi connectivity index (χ3n) is 3.22. The first kappa shape index (κ1) is 16.3. The average molecular weight is 304 g/mol. The van der Waals surface area contributed by atoms with Crippen LogP contribution in [0.15, 0.2) is 24.3 Å². The van der Waals surface area contributed by atoms with Crippen molar-refractivity contribution < 1.29 is 27.4 Å². The van der Waals surface area contributed by atoms with Crippen LogP contribution in [-0.2, 0) is 27.0 Å². The molecule has 0 bridgehead atoms. The Morgan fingerprint density at radius 3 is 2.48 bits per heavy atom. The van der Waals surface area contributed by atoms with Gasteiger partial charge in [-0.05, 0) is 37.0 Å². The molecule has 6 heteroatoms. The molecule has 0 N–H and O–H groups in total. The second-order valence-electron chi connectivity index (χ2n) is 4.91. The van der Waals surface area contributed by atoms with Crippen LogP contribution in [0.3, 0.4) is 0 Å². The van der Waals surface area contributed by atoms with Gasteiger partial charge in [0.1, 0.15) is 0 Å². The molecule has 1 aromatic carbocycles. The van der Waals surface area contributed by atoms with Crippen molar-refractivity contribution in [2.75, 3.05) is 19.8 Å². The first-order chi connectivity index (χ1) is 10.1. The van der Waals surface area contributed by atoms with E-state index >= 15 is 0 Å². The highest BCUT2D eigenvalue weighted by Gasteiger charge is 2.29. The van der Waals surface area contributed by atoms with Gasteiger partial charge in [0.15, 0.2) is 6.29 Å². The van der Waals surface area contributed by atoms with Gasteiger partial charge >= 0.3 is 6.18 Å². The molecule has 1 saturated heterocycles. The zero-order valence-corrected chi connectivity index (χ0v) is 11.7. The highest BCUT2D eigenvalue weighted by Crippen LogP contribution is 2.29. The van der Waals surface area contributed by atoms with E-state index in [4.69, 9.17) is 14.2 Å². The molecule has 21 heavy (non-hydrogen) atoms. The topological polar surface area (TPSA) is 27.7 Å². The molecule has 1 fully saturated rings. The minimum Gasteiger partial charge on any atom is -0.374 e. The average Bonchev–Trinajstić information content (AvgIpc) is 2.47. The van der Waals surface area contributed by atoms with E-state index in [0.29, 0.717) is 18.8 Å². The van der Waals surface area contributed by atoms with Crippen LogP contribution in [0.25, 0.3) is 0 Å². The Morgan fingerprint density at radius 1 is 1.10 bits per heavy atom. The number of halogens is 3. The maximum absolute atomic E-state index is 12.4. The van der Waals surface area contributed by atoms with Crippen molar-refractivity contribution in [3.8, 4) is 0 Å². The fourth-order valence-electron chi connectivity index (χ4n) is 2.06. The molecule has 0 spiro atoms. The normalized spacial score (nSPS) is 19.7. The standard InChI is InChI=1S/C15H19F3O3/c16-15(17,18)13-6-4-12(5-7-13)11-19-9-10-21-14-3-1-2-8-20-14/h4-7,14H,1-3,8-11H2. The monoisotopic (exact) mass is 304 g/mol. The molecule has 0 amide bonds. The zero-order valence-electron chi connectivity index (χ0n) is 11.7. The van der Waals surface area contributed by atoms with Crippen molar-refractivity contribution in [3.05, 3.63) is 35.4 Å². The minimum absolute atomic E-state index is 0.145. The molecule has 0 aliphatic carbocycles. The summed E-state index contributed by atoms with van der Waals surface area (Å²) in [7, 11) is 0. The van der Waals surface area contributed by atoms with Crippen LogP contribution in [0.1, 0.15) is 30.4 Å². The van der Waals surface area contributed by atoms with Crippen molar-refractivity contribution >= 4 is 0 Å². The van der Waals surface area contributed by atoms with Crippen molar-refractivity contribution in [3.63, 3.8) is 0 Å². The van der Waals surface area contributed by atoms with Crippen LogP contribution in [0.2, 0.25) is 0 Å². The first-order valence-electron chi connectivity index (χ1n) is 7.03. The predicted octanol–water partition coefficient (Wildman–Crippen LogP) is 3.77. The molecule has 1 aromatic rings. The molecule has 1 aliphatic rings. The van der Waals surface area contributed by atoms with E-state index in [2.05, 4.69) is 0 Å². The van der Waals surface area contributed by atoms with E-state index in [1.54, 1.807) is 0 Å². The quantitative estimate of drug-likeness (QED) is 0.749. The van der Waals surface area contributed by atoms with Gasteiger partial charge in [-0.2, -0.15) is 13.2 Å². The summed E-state index contributed by atoms with van der Waals surface area (Å²) in [5.74, 6) is 0. The summed E-state index contributed by atoms with van der Waals surface area (Å²) in [6.07, 6.45) is -1.36. The van der Waals surface area contributed by atoms with E-state index in [1.165, 1.54) is 12.1 Å². The van der Waals surface area contributed by atoms with Gasteiger partial charge in [-0.1, -0.05) is 12.1 Å². The van der Waals surface area contributed by atoms with Gasteiger partial charge in [-0.15, -0.1) is 0 Å². The van der Waals surface area contributed by atoms with Gasteiger partial charge in [-0.3, -0.25) is 0 Å². The molecule has 2 rings (SSSR count). The fourth-order valence-corrected chi connectivity index (χ4v) is 2.06. The molecular weight excluding hydrogens is 285 g/mol. The third kappa shape index (κ3) is 5.65. The second kappa shape index (κ2) is 7.77. The third-order valence-corrected chi connectivity index (χ3v) is 3.22. The number of rotatable bonds is 6. The van der Waals surface area contributed by atoms with E-state index in [0.717, 1.165) is 38.0 Å². The second-order valence-corrected chi connectivity index (χ2v) is 4.91. The van der Waals surface area contributed by atoms with Crippen LogP contribution >= 0.6 is 0 Å². The molecule has 0 saturated carbocycles. The lowest BCUT2D eigenvalue weighted by Gasteiger charge is -2.22. The molecule has 1 aliphatic heterocycles. The largest absolute Gasteiger partial charge is 0.416 e. The number of alkyl halides is 3. The van der Waals surface area contributed by atoms with Crippen molar-refractivity contribution in [2.24, 2.45) is 0 Å². The molecule has 1 unspecified atom stereocenters. The lowest BCUT2D eigenvalue weighted by Crippen LogP contribution is -2.23. The van der Waals surface area contributed by atoms with Gasteiger partial charge in [0.25, 0.3) is 0 Å². The van der Waals surface area contributed by atoms with E-state index in [-0.39, 0.29) is 12.9 Å². The Labute approximate surface area is 122 Å². The van der Waals surface area contributed by atoms with Gasteiger partial charge in [0.05, 0.1) is 25.4 Å². The fraction of sp³-hybridized carbons (Fsp3) is 0.600. The highest BCUT2D eigenvalue weighted by atomic mass is 19.4. The van der Waals surface area contributed by atoms with Crippen molar-refractivity contribution in [1.29, 1.82) is 0 Å². The Hall–Kier alpha value is -1.11. The maximum Gasteiger partial charge on any atom is 0.416 e. The van der Waals surface area contributed by atoms with Crippen LogP contribution in [-0.4, -0.2) is 26.1 Å². The van der Waals surface area contributed by atoms with E-state index in [9.17, 15) is 13.2 Å². The summed E-state index contributed by atoms with van der Waals surface area (Å²) in [5, 5.41) is 0. The number of hydrogen-bond acceptors (Lipinski definition) is 3. The molecule has 0 radical (unpaired) electrons. The molecule has 0 aromatic heterocycles. The predicted molar refractivity (Wildman–Crippen MR) is 70.6 cm³/mol. The van der Waals surface area contributed by atoms with Gasteiger partial charge in [0, 0.05) is 6.61 Å². The van der Waals surface area contributed by atoms with Crippen LogP contribution in [0.4, 0.5) is 13.2 Å². The minimum atomic E-state index is -4.30. The van der Waals surface area contributed by atoms with Gasteiger partial charge in [0.2, 0.25) is 0 Å². The summed E-state index contributed by atoms with van der Waals surface area (Å²) in [6, 6.07) is 4.97.